The molecule has 0 radical (unpaired) electrons. The maximum absolute atomic E-state index is 12.2. The quantitative estimate of drug-likeness (QED) is 0.802. The molecule has 0 saturated heterocycles. The van der Waals surface area contributed by atoms with Gasteiger partial charge in [-0.25, -0.2) is 0 Å². The van der Waals surface area contributed by atoms with Gasteiger partial charge in [0, 0.05) is 25.5 Å². The van der Waals surface area contributed by atoms with Gasteiger partial charge in [-0.3, -0.25) is 4.79 Å². The predicted octanol–water partition coefficient (Wildman–Crippen LogP) is 4.94. The summed E-state index contributed by atoms with van der Waals surface area (Å²) in [6, 6.07) is 8.53. The summed E-state index contributed by atoms with van der Waals surface area (Å²) in [5.41, 5.74) is 9.60. The van der Waals surface area contributed by atoms with Crippen molar-refractivity contribution in [3.05, 3.63) is 57.6 Å². The van der Waals surface area contributed by atoms with Gasteiger partial charge < -0.3 is 10.2 Å². The SMILES string of the molecule is CCC(=O)c1ccc(C)c(CC2Nc3c(C)cc(C)cc3N2C)c1C. The number of hydrogen-bond donors (Lipinski definition) is 1. The highest BCUT2D eigenvalue weighted by Crippen LogP contribution is 2.38. The number of ketones is 1. The normalized spacial score (nSPS) is 15.9. The van der Waals surface area contributed by atoms with Gasteiger partial charge in [0.05, 0.1) is 11.4 Å². The Labute approximate surface area is 151 Å². The van der Waals surface area contributed by atoms with Crippen LogP contribution in [0, 0.1) is 27.7 Å². The second kappa shape index (κ2) is 6.55. The largest absolute Gasteiger partial charge is 0.363 e. The fraction of sp³-hybridized carbons (Fsp3) is 0.409. The Bertz CT molecular complexity index is 838. The maximum Gasteiger partial charge on any atom is 0.162 e. The highest BCUT2D eigenvalue weighted by Gasteiger charge is 2.28. The van der Waals surface area contributed by atoms with Gasteiger partial charge >= 0.3 is 0 Å². The Balaban J connectivity index is 1.94. The number of fused-ring (bicyclic) bond motifs is 1. The lowest BCUT2D eigenvalue weighted by Crippen LogP contribution is -2.34. The summed E-state index contributed by atoms with van der Waals surface area (Å²) in [5.74, 6) is 0.223. The molecule has 1 aliphatic heterocycles. The van der Waals surface area contributed by atoms with E-state index in [0.717, 1.165) is 17.5 Å². The van der Waals surface area contributed by atoms with Crippen LogP contribution in [0.5, 0.6) is 0 Å². The van der Waals surface area contributed by atoms with Crippen molar-refractivity contribution < 1.29 is 4.79 Å². The fourth-order valence-corrected chi connectivity index (χ4v) is 3.92. The summed E-state index contributed by atoms with van der Waals surface area (Å²) in [5, 5.41) is 3.69. The number of anilines is 2. The molecule has 25 heavy (non-hydrogen) atoms. The third kappa shape index (κ3) is 3.04. The Morgan fingerprint density at radius 3 is 2.52 bits per heavy atom. The first-order chi connectivity index (χ1) is 11.8. The van der Waals surface area contributed by atoms with Crippen LogP contribution >= 0.6 is 0 Å². The van der Waals surface area contributed by atoms with Crippen LogP contribution in [0.4, 0.5) is 11.4 Å². The molecule has 0 aromatic heterocycles. The minimum atomic E-state index is 0.208. The number of benzene rings is 2. The van der Waals surface area contributed by atoms with Gasteiger partial charge in [-0.15, -0.1) is 0 Å². The van der Waals surface area contributed by atoms with E-state index in [2.05, 4.69) is 63.2 Å². The lowest BCUT2D eigenvalue weighted by Gasteiger charge is -2.24. The van der Waals surface area contributed by atoms with Crippen LogP contribution in [0.1, 0.15) is 51.5 Å². The smallest absolute Gasteiger partial charge is 0.162 e. The number of carbonyl (C=O) groups excluding carboxylic acids is 1. The summed E-state index contributed by atoms with van der Waals surface area (Å²) < 4.78 is 0. The first-order valence-corrected chi connectivity index (χ1v) is 9.06. The monoisotopic (exact) mass is 336 g/mol. The molecular weight excluding hydrogens is 308 g/mol. The molecule has 0 amide bonds. The molecule has 1 heterocycles. The van der Waals surface area contributed by atoms with E-state index in [9.17, 15) is 4.79 Å². The number of nitrogens with one attached hydrogen (secondary N) is 1. The molecule has 1 N–H and O–H groups in total. The Morgan fingerprint density at radius 2 is 1.84 bits per heavy atom. The first kappa shape index (κ1) is 17.5. The number of nitrogens with zero attached hydrogens (tertiary/aromatic N) is 1. The Hall–Kier alpha value is -2.29. The molecule has 1 atom stereocenters. The van der Waals surface area contributed by atoms with Crippen molar-refractivity contribution in [1.29, 1.82) is 0 Å². The van der Waals surface area contributed by atoms with Crippen molar-refractivity contribution in [1.82, 2.24) is 0 Å². The fourth-order valence-electron chi connectivity index (χ4n) is 3.92. The van der Waals surface area contributed by atoms with Crippen molar-refractivity contribution in [3.63, 3.8) is 0 Å². The van der Waals surface area contributed by atoms with E-state index in [1.54, 1.807) is 0 Å². The van der Waals surface area contributed by atoms with E-state index in [0.29, 0.717) is 6.42 Å². The first-order valence-electron chi connectivity index (χ1n) is 9.06. The highest BCUT2D eigenvalue weighted by atomic mass is 16.1. The van der Waals surface area contributed by atoms with Crippen molar-refractivity contribution >= 4 is 17.2 Å². The number of aryl methyl sites for hydroxylation is 3. The molecule has 132 valence electrons. The van der Waals surface area contributed by atoms with Gasteiger partial charge in [-0.2, -0.15) is 0 Å². The van der Waals surface area contributed by atoms with Gasteiger partial charge in [-0.05, 0) is 61.6 Å². The molecule has 0 fully saturated rings. The average molecular weight is 336 g/mol. The molecule has 0 aliphatic carbocycles. The standard InChI is InChI=1S/C22H28N2O/c1-7-20(25)17-9-8-14(3)18(16(17)5)12-21-23-22-15(4)10-13(2)11-19(22)24(21)6/h8-11,21,23H,7,12H2,1-6H3. The summed E-state index contributed by atoms with van der Waals surface area (Å²) in [7, 11) is 2.15. The van der Waals surface area contributed by atoms with E-state index in [1.807, 2.05) is 13.0 Å². The van der Waals surface area contributed by atoms with Gasteiger partial charge in [0.15, 0.2) is 5.78 Å². The second-order valence-corrected chi connectivity index (χ2v) is 7.26. The van der Waals surface area contributed by atoms with Gasteiger partial charge in [0.2, 0.25) is 0 Å². The number of hydrogen-bond acceptors (Lipinski definition) is 3. The average Bonchev–Trinajstić information content (AvgIpc) is 2.88. The zero-order valence-corrected chi connectivity index (χ0v) is 16.2. The topological polar surface area (TPSA) is 32.3 Å². The predicted molar refractivity (Wildman–Crippen MR) is 106 cm³/mol. The van der Waals surface area contributed by atoms with Crippen LogP contribution < -0.4 is 10.2 Å². The van der Waals surface area contributed by atoms with E-state index in [1.165, 1.54) is 33.6 Å². The van der Waals surface area contributed by atoms with Crippen LogP contribution in [0.15, 0.2) is 24.3 Å². The minimum absolute atomic E-state index is 0.208. The van der Waals surface area contributed by atoms with Gasteiger partial charge in [-0.1, -0.05) is 25.1 Å². The second-order valence-electron chi connectivity index (χ2n) is 7.26. The Morgan fingerprint density at radius 1 is 1.12 bits per heavy atom. The molecular formula is C22H28N2O. The third-order valence-electron chi connectivity index (χ3n) is 5.47. The van der Waals surface area contributed by atoms with E-state index in [4.69, 9.17) is 0 Å². The number of Topliss-reactive ketones (excluding diaryl/α,β-unsaturated/α-hetero) is 1. The molecule has 3 nitrogen and oxygen atoms in total. The lowest BCUT2D eigenvalue weighted by atomic mass is 9.92. The maximum atomic E-state index is 12.2. The number of likely N-dealkylation sites (N-methyl/N-ethyl adjacent to an activating group) is 1. The van der Waals surface area contributed by atoms with Crippen molar-refractivity contribution in [3.8, 4) is 0 Å². The minimum Gasteiger partial charge on any atom is -0.363 e. The molecule has 0 bridgehead atoms. The summed E-state index contributed by atoms with van der Waals surface area (Å²) in [6.07, 6.45) is 1.64. The molecule has 1 aliphatic rings. The van der Waals surface area contributed by atoms with Crippen molar-refractivity contribution in [2.45, 2.75) is 53.6 Å². The lowest BCUT2D eigenvalue weighted by molar-refractivity contribution is 0.0987. The van der Waals surface area contributed by atoms with Crippen LogP contribution in [0.25, 0.3) is 0 Å². The number of rotatable bonds is 4. The molecule has 1 unspecified atom stereocenters. The van der Waals surface area contributed by atoms with Crippen LogP contribution in [-0.4, -0.2) is 19.0 Å². The number of carbonyl (C=O) groups is 1. The molecule has 3 heteroatoms. The molecule has 2 aromatic carbocycles. The molecule has 2 aromatic rings. The van der Waals surface area contributed by atoms with E-state index in [-0.39, 0.29) is 11.9 Å². The zero-order chi connectivity index (χ0) is 18.3. The third-order valence-corrected chi connectivity index (χ3v) is 5.47. The van der Waals surface area contributed by atoms with E-state index >= 15 is 0 Å². The summed E-state index contributed by atoms with van der Waals surface area (Å²) >= 11 is 0. The van der Waals surface area contributed by atoms with Crippen LogP contribution in [0.3, 0.4) is 0 Å². The summed E-state index contributed by atoms with van der Waals surface area (Å²) in [4.78, 5) is 14.6. The van der Waals surface area contributed by atoms with Crippen molar-refractivity contribution in [2.24, 2.45) is 0 Å². The van der Waals surface area contributed by atoms with Gasteiger partial charge in [0.1, 0.15) is 6.17 Å². The molecule has 0 saturated carbocycles. The van der Waals surface area contributed by atoms with Gasteiger partial charge in [0.25, 0.3) is 0 Å². The summed E-state index contributed by atoms with van der Waals surface area (Å²) in [6.45, 7) is 10.5. The van der Waals surface area contributed by atoms with Crippen LogP contribution in [-0.2, 0) is 6.42 Å². The van der Waals surface area contributed by atoms with Crippen molar-refractivity contribution in [2.75, 3.05) is 17.3 Å². The zero-order valence-electron chi connectivity index (χ0n) is 16.2. The highest BCUT2D eigenvalue weighted by molar-refractivity contribution is 5.97. The van der Waals surface area contributed by atoms with E-state index < -0.39 is 0 Å². The van der Waals surface area contributed by atoms with Crippen LogP contribution in [0.2, 0.25) is 0 Å². The molecule has 3 rings (SSSR count). The molecule has 0 spiro atoms. The Kier molecular flexibility index (Phi) is 4.59.